The van der Waals surface area contributed by atoms with Crippen molar-refractivity contribution >= 4 is 28.3 Å². The van der Waals surface area contributed by atoms with Crippen molar-refractivity contribution in [3.05, 3.63) is 35.4 Å². The van der Waals surface area contributed by atoms with Crippen molar-refractivity contribution in [2.45, 2.75) is 6.92 Å². The van der Waals surface area contributed by atoms with Crippen LogP contribution in [-0.4, -0.2) is 25.3 Å². The molecule has 0 aliphatic heterocycles. The Morgan fingerprint density at radius 2 is 2.20 bits per heavy atom. The number of carbonyl (C=O) groups excluding carboxylic acids is 2. The lowest BCUT2D eigenvalue weighted by Crippen LogP contribution is -2.15. The van der Waals surface area contributed by atoms with E-state index in [0.717, 1.165) is 0 Å². The first-order chi connectivity index (χ1) is 9.56. The Morgan fingerprint density at radius 3 is 2.80 bits per heavy atom. The number of rotatable bonds is 4. The van der Waals surface area contributed by atoms with E-state index in [1.807, 2.05) is 0 Å². The van der Waals surface area contributed by atoms with Gasteiger partial charge in [-0.2, -0.15) is 0 Å². The van der Waals surface area contributed by atoms with Crippen molar-refractivity contribution in [1.82, 2.24) is 0 Å². The van der Waals surface area contributed by atoms with Crippen molar-refractivity contribution in [2.75, 3.05) is 19.0 Å². The number of nitrogens with one attached hydrogen (secondary N) is 1. The zero-order valence-corrected chi connectivity index (χ0v) is 11.0. The first-order valence-electron chi connectivity index (χ1n) is 5.81. The van der Waals surface area contributed by atoms with Gasteiger partial charge in [-0.05, 0) is 12.1 Å². The quantitative estimate of drug-likeness (QED) is 0.685. The molecule has 1 heterocycles. The number of amides is 1. The molecule has 0 unspecified atom stereocenters. The molecule has 2 rings (SSSR count). The number of benzene rings is 1. The molecule has 6 nitrogen and oxygen atoms in total. The van der Waals surface area contributed by atoms with Gasteiger partial charge >= 0.3 is 5.91 Å². The van der Waals surface area contributed by atoms with Crippen LogP contribution in [0.3, 0.4) is 0 Å². The van der Waals surface area contributed by atoms with Crippen molar-refractivity contribution in [3.8, 4) is 5.75 Å². The molecule has 1 aromatic carbocycles. The highest BCUT2D eigenvalue weighted by Gasteiger charge is 2.20. The smallest absolute Gasteiger partial charge is 0.304 e. The number of ketones is 1. The molecular formula is C14H12N2O4. The number of Topliss-reactive ketones (excluding diaryl/α,β-unsaturated/α-hetero) is 1. The van der Waals surface area contributed by atoms with E-state index >= 15 is 0 Å². The maximum absolute atomic E-state index is 11.6. The Balaban J connectivity index is 2.55. The van der Waals surface area contributed by atoms with Crippen molar-refractivity contribution < 1.29 is 18.7 Å². The number of nitrogens with zero attached hydrogens (tertiary/aromatic N) is 1. The highest BCUT2D eigenvalue weighted by atomic mass is 16.5. The van der Waals surface area contributed by atoms with E-state index < -0.39 is 5.91 Å². The van der Waals surface area contributed by atoms with Crippen molar-refractivity contribution in [2.24, 2.45) is 0 Å². The highest BCUT2D eigenvalue weighted by molar-refractivity contribution is 6.11. The number of methoxy groups -OCH3 is 1. The van der Waals surface area contributed by atoms with Gasteiger partial charge in [-0.3, -0.25) is 9.59 Å². The lowest BCUT2D eigenvalue weighted by Gasteiger charge is -2.01. The molecule has 1 aromatic heterocycles. The van der Waals surface area contributed by atoms with Crippen LogP contribution in [0.1, 0.15) is 17.5 Å². The van der Waals surface area contributed by atoms with Crippen LogP contribution in [0, 0.1) is 6.57 Å². The molecule has 0 saturated carbocycles. The van der Waals surface area contributed by atoms with Gasteiger partial charge in [-0.15, -0.1) is 0 Å². The van der Waals surface area contributed by atoms with Gasteiger partial charge in [0.05, 0.1) is 12.8 Å². The Labute approximate surface area is 115 Å². The monoisotopic (exact) mass is 272 g/mol. The largest absolute Gasteiger partial charge is 0.497 e. The van der Waals surface area contributed by atoms with Gasteiger partial charge in [0.1, 0.15) is 11.3 Å². The molecule has 0 aliphatic rings. The summed E-state index contributed by atoms with van der Waals surface area (Å²) in [4.78, 5) is 26.1. The number of carbonyl (C=O) groups is 2. The zero-order chi connectivity index (χ0) is 14.7. The predicted molar refractivity (Wildman–Crippen MR) is 72.9 cm³/mol. The molecule has 0 spiro atoms. The van der Waals surface area contributed by atoms with Crippen LogP contribution in [0.2, 0.25) is 0 Å². The summed E-state index contributed by atoms with van der Waals surface area (Å²) in [5, 5.41) is 3.14. The average Bonchev–Trinajstić information content (AvgIpc) is 2.77. The maximum atomic E-state index is 11.6. The van der Waals surface area contributed by atoms with E-state index in [0.29, 0.717) is 22.4 Å². The Bertz CT molecular complexity index is 725. The molecule has 2 aromatic rings. The van der Waals surface area contributed by atoms with Crippen molar-refractivity contribution in [3.63, 3.8) is 0 Å². The summed E-state index contributed by atoms with van der Waals surface area (Å²) in [7, 11) is 1.52. The number of furan rings is 1. The summed E-state index contributed by atoms with van der Waals surface area (Å²) >= 11 is 0. The van der Waals surface area contributed by atoms with Crippen LogP contribution in [0.4, 0.5) is 5.69 Å². The fourth-order valence-corrected chi connectivity index (χ4v) is 1.83. The minimum atomic E-state index is -0.485. The molecule has 102 valence electrons. The number of hydrogen-bond acceptors (Lipinski definition) is 4. The molecule has 0 radical (unpaired) electrons. The van der Waals surface area contributed by atoms with Gasteiger partial charge in [0.2, 0.25) is 0 Å². The van der Waals surface area contributed by atoms with Gasteiger partial charge < -0.3 is 19.3 Å². The topological polar surface area (TPSA) is 72.9 Å². The standard InChI is InChI=1S/C14H12N2O4/c1-8(17)14-13(16-12(18)7-15-2)10-5-4-9(19-3)6-11(10)20-14/h4-6H,7H2,1,3H3,(H,16,18). The Kier molecular flexibility index (Phi) is 3.71. The molecule has 1 N–H and O–H groups in total. The van der Waals surface area contributed by atoms with E-state index in [2.05, 4.69) is 10.2 Å². The lowest BCUT2D eigenvalue weighted by atomic mass is 10.2. The van der Waals surface area contributed by atoms with Crippen LogP contribution in [-0.2, 0) is 4.79 Å². The third-order valence-corrected chi connectivity index (χ3v) is 2.70. The molecule has 6 heteroatoms. The number of hydrogen-bond donors (Lipinski definition) is 1. The average molecular weight is 272 g/mol. The summed E-state index contributed by atoms with van der Waals surface area (Å²) < 4.78 is 10.5. The Hall–Kier alpha value is -2.81. The third-order valence-electron chi connectivity index (χ3n) is 2.70. The number of ether oxygens (including phenoxy) is 1. The van der Waals surface area contributed by atoms with Crippen molar-refractivity contribution in [1.29, 1.82) is 0 Å². The van der Waals surface area contributed by atoms with Gasteiger partial charge in [-0.1, -0.05) is 0 Å². The predicted octanol–water partition coefficient (Wildman–Crippen LogP) is 2.50. The molecule has 20 heavy (non-hydrogen) atoms. The first kappa shape index (κ1) is 13.6. The van der Waals surface area contributed by atoms with E-state index in [-0.39, 0.29) is 18.1 Å². The summed E-state index contributed by atoms with van der Waals surface area (Å²) in [5.74, 6) is -0.147. The normalized spacial score (nSPS) is 10.1. The maximum Gasteiger partial charge on any atom is 0.304 e. The molecule has 0 bridgehead atoms. The van der Waals surface area contributed by atoms with Gasteiger partial charge in [0.25, 0.3) is 6.54 Å². The fourth-order valence-electron chi connectivity index (χ4n) is 1.83. The molecule has 0 saturated heterocycles. The van der Waals surface area contributed by atoms with E-state index in [1.165, 1.54) is 14.0 Å². The first-order valence-corrected chi connectivity index (χ1v) is 5.81. The highest BCUT2D eigenvalue weighted by Crippen LogP contribution is 2.33. The van der Waals surface area contributed by atoms with Gasteiger partial charge in [0.15, 0.2) is 11.5 Å². The zero-order valence-electron chi connectivity index (χ0n) is 11.0. The van der Waals surface area contributed by atoms with E-state index in [4.69, 9.17) is 15.7 Å². The van der Waals surface area contributed by atoms with E-state index in [9.17, 15) is 9.59 Å². The van der Waals surface area contributed by atoms with Crippen LogP contribution < -0.4 is 10.1 Å². The van der Waals surface area contributed by atoms with Crippen LogP contribution >= 0.6 is 0 Å². The number of anilines is 1. The SMILES string of the molecule is [C-]#[N+]CC(=O)Nc1c(C(C)=O)oc2cc(OC)ccc12. The second kappa shape index (κ2) is 5.45. The van der Waals surface area contributed by atoms with Crippen LogP contribution in [0.25, 0.3) is 15.8 Å². The molecular weight excluding hydrogens is 260 g/mol. The van der Waals surface area contributed by atoms with Gasteiger partial charge in [-0.25, -0.2) is 6.57 Å². The summed E-state index contributed by atoms with van der Waals surface area (Å²) in [6.45, 7) is 7.71. The minimum Gasteiger partial charge on any atom is -0.497 e. The fraction of sp³-hybridized carbons (Fsp3) is 0.214. The summed E-state index contributed by atoms with van der Waals surface area (Å²) in [6.07, 6.45) is 0. The summed E-state index contributed by atoms with van der Waals surface area (Å²) in [6, 6.07) is 5.02. The van der Waals surface area contributed by atoms with Crippen LogP contribution in [0.5, 0.6) is 5.75 Å². The number of fused-ring (bicyclic) bond motifs is 1. The molecule has 1 amide bonds. The van der Waals surface area contributed by atoms with Gasteiger partial charge in [0, 0.05) is 18.4 Å². The minimum absolute atomic E-state index is 0.0617. The molecule has 0 aliphatic carbocycles. The van der Waals surface area contributed by atoms with E-state index in [1.54, 1.807) is 18.2 Å². The third kappa shape index (κ3) is 2.47. The Morgan fingerprint density at radius 1 is 1.45 bits per heavy atom. The second-order valence-corrected chi connectivity index (χ2v) is 4.09. The summed E-state index contributed by atoms with van der Waals surface area (Å²) in [5.41, 5.74) is 0.733. The van der Waals surface area contributed by atoms with Crippen LogP contribution in [0.15, 0.2) is 22.6 Å². The lowest BCUT2D eigenvalue weighted by molar-refractivity contribution is -0.114. The second-order valence-electron chi connectivity index (χ2n) is 4.09. The molecule has 0 fully saturated rings. The molecule has 0 atom stereocenters.